The zero-order chi connectivity index (χ0) is 18.5. The van der Waals surface area contributed by atoms with Crippen molar-refractivity contribution in [3.8, 4) is 0 Å². The quantitative estimate of drug-likeness (QED) is 0.837. The lowest BCUT2D eigenvalue weighted by Crippen LogP contribution is -2.41. The van der Waals surface area contributed by atoms with Gasteiger partial charge in [-0.2, -0.15) is 5.10 Å². The van der Waals surface area contributed by atoms with Gasteiger partial charge in [-0.1, -0.05) is 32.0 Å². The monoisotopic (exact) mass is 358 g/mol. The molecule has 1 amide bonds. The fourth-order valence-corrected chi connectivity index (χ4v) is 3.11. The van der Waals surface area contributed by atoms with E-state index in [0.717, 1.165) is 32.8 Å². The largest absolute Gasteiger partial charge is 0.379 e. The lowest BCUT2D eigenvalue weighted by Gasteiger charge is -2.26. The molecule has 1 aromatic heterocycles. The van der Waals surface area contributed by atoms with Crippen LogP contribution in [-0.2, 0) is 11.3 Å². The smallest absolute Gasteiger partial charge is 0.274 e. The molecule has 1 aliphatic rings. The van der Waals surface area contributed by atoms with Crippen molar-refractivity contribution in [1.82, 2.24) is 20.0 Å². The zero-order valence-corrected chi connectivity index (χ0v) is 15.4. The van der Waals surface area contributed by atoms with E-state index in [2.05, 4.69) is 15.3 Å². The number of ether oxygens (including phenoxy) is 1. The van der Waals surface area contributed by atoms with E-state index in [4.69, 9.17) is 4.74 Å². The van der Waals surface area contributed by atoms with Crippen LogP contribution in [0.1, 0.15) is 24.3 Å². The second-order valence-corrected chi connectivity index (χ2v) is 6.99. The fraction of sp³-hybridized carbons (Fsp3) is 0.526. The van der Waals surface area contributed by atoms with E-state index in [9.17, 15) is 9.59 Å². The van der Waals surface area contributed by atoms with Crippen molar-refractivity contribution in [1.29, 1.82) is 0 Å². The molecule has 0 spiro atoms. The molecule has 1 aliphatic heterocycles. The molecule has 0 bridgehead atoms. The Bertz CT molecular complexity index is 825. The van der Waals surface area contributed by atoms with Crippen molar-refractivity contribution in [3.63, 3.8) is 0 Å². The number of hydrogen-bond donors (Lipinski definition) is 1. The highest BCUT2D eigenvalue weighted by Gasteiger charge is 2.17. The highest BCUT2D eigenvalue weighted by Crippen LogP contribution is 2.13. The van der Waals surface area contributed by atoms with Crippen molar-refractivity contribution in [2.75, 3.05) is 39.4 Å². The summed E-state index contributed by atoms with van der Waals surface area (Å²) in [5, 5.41) is 8.43. The minimum absolute atomic E-state index is 0.154. The van der Waals surface area contributed by atoms with E-state index in [1.807, 2.05) is 26.0 Å². The molecule has 26 heavy (non-hydrogen) atoms. The molecule has 0 radical (unpaired) electrons. The van der Waals surface area contributed by atoms with Gasteiger partial charge in [-0.15, -0.1) is 0 Å². The number of carbonyl (C=O) groups is 1. The van der Waals surface area contributed by atoms with Crippen molar-refractivity contribution < 1.29 is 9.53 Å². The third-order valence-corrected chi connectivity index (χ3v) is 4.44. The van der Waals surface area contributed by atoms with Crippen LogP contribution in [-0.4, -0.2) is 60.0 Å². The van der Waals surface area contributed by atoms with Crippen LogP contribution in [0.4, 0.5) is 0 Å². The van der Waals surface area contributed by atoms with E-state index in [1.165, 1.54) is 4.68 Å². The minimum Gasteiger partial charge on any atom is -0.379 e. The Labute approximate surface area is 152 Å². The molecule has 3 rings (SSSR count). The molecule has 1 aromatic carbocycles. The van der Waals surface area contributed by atoms with Crippen LogP contribution in [0.5, 0.6) is 0 Å². The Morgan fingerprint density at radius 3 is 2.62 bits per heavy atom. The van der Waals surface area contributed by atoms with E-state index in [0.29, 0.717) is 29.6 Å². The Balaban J connectivity index is 1.79. The normalized spacial score (nSPS) is 15.5. The molecule has 0 atom stereocenters. The molecule has 7 nitrogen and oxygen atoms in total. The number of aromatic nitrogens is 2. The van der Waals surface area contributed by atoms with Crippen LogP contribution in [0.2, 0.25) is 0 Å². The molecule has 0 aliphatic carbocycles. The van der Waals surface area contributed by atoms with Crippen LogP contribution in [0.15, 0.2) is 29.1 Å². The molecule has 1 N–H and O–H groups in total. The Morgan fingerprint density at radius 1 is 1.23 bits per heavy atom. The molecular formula is C19H26N4O3. The Kier molecular flexibility index (Phi) is 6.00. The summed E-state index contributed by atoms with van der Waals surface area (Å²) in [4.78, 5) is 27.6. The summed E-state index contributed by atoms with van der Waals surface area (Å²) in [7, 11) is 0. The van der Waals surface area contributed by atoms with Crippen LogP contribution >= 0.6 is 0 Å². The number of amides is 1. The lowest BCUT2D eigenvalue weighted by molar-refractivity contribution is 0.0383. The van der Waals surface area contributed by atoms with Gasteiger partial charge in [-0.25, -0.2) is 4.68 Å². The van der Waals surface area contributed by atoms with Gasteiger partial charge in [-0.3, -0.25) is 14.5 Å². The number of morpholine rings is 1. The van der Waals surface area contributed by atoms with Gasteiger partial charge in [0.05, 0.1) is 18.6 Å². The summed E-state index contributed by atoms with van der Waals surface area (Å²) in [6, 6.07) is 7.16. The topological polar surface area (TPSA) is 76.5 Å². The maximum absolute atomic E-state index is 12.7. The lowest BCUT2D eigenvalue weighted by atomic mass is 10.1. The second-order valence-electron chi connectivity index (χ2n) is 6.99. The summed E-state index contributed by atoms with van der Waals surface area (Å²) in [5.41, 5.74) is 0.155. The number of nitrogens with one attached hydrogen (secondary N) is 1. The zero-order valence-electron chi connectivity index (χ0n) is 15.4. The number of benzene rings is 1. The standard InChI is InChI=1S/C19H26N4O3/c1-14(2)13-23-19(25)16-6-4-3-5-15(16)17(21-23)18(24)20-7-8-22-9-11-26-12-10-22/h3-6,14H,7-13H2,1-2H3,(H,20,24). The van der Waals surface area contributed by atoms with Crippen LogP contribution < -0.4 is 10.9 Å². The first-order valence-electron chi connectivity index (χ1n) is 9.14. The molecule has 2 heterocycles. The van der Waals surface area contributed by atoms with Gasteiger partial charge in [0.2, 0.25) is 0 Å². The average molecular weight is 358 g/mol. The molecule has 1 saturated heterocycles. The first kappa shape index (κ1) is 18.5. The SMILES string of the molecule is CC(C)Cn1nc(C(=O)NCCN2CCOCC2)c2ccccc2c1=O. The molecule has 140 valence electrons. The van der Waals surface area contributed by atoms with Gasteiger partial charge in [0.15, 0.2) is 5.69 Å². The third kappa shape index (κ3) is 4.28. The van der Waals surface area contributed by atoms with Crippen LogP contribution in [0, 0.1) is 5.92 Å². The predicted molar refractivity (Wildman–Crippen MR) is 100 cm³/mol. The highest BCUT2D eigenvalue weighted by molar-refractivity contribution is 6.04. The average Bonchev–Trinajstić information content (AvgIpc) is 2.64. The summed E-state index contributed by atoms with van der Waals surface area (Å²) in [6.45, 7) is 9.08. The summed E-state index contributed by atoms with van der Waals surface area (Å²) in [5.74, 6) is 0.0190. The summed E-state index contributed by atoms with van der Waals surface area (Å²) < 4.78 is 6.74. The van der Waals surface area contributed by atoms with Crippen molar-refractivity contribution in [2.45, 2.75) is 20.4 Å². The van der Waals surface area contributed by atoms with E-state index in [1.54, 1.807) is 12.1 Å². The number of hydrogen-bond acceptors (Lipinski definition) is 5. The minimum atomic E-state index is -0.244. The summed E-state index contributed by atoms with van der Waals surface area (Å²) in [6.07, 6.45) is 0. The van der Waals surface area contributed by atoms with Crippen LogP contribution in [0.25, 0.3) is 10.8 Å². The number of nitrogens with zero attached hydrogens (tertiary/aromatic N) is 3. The van der Waals surface area contributed by atoms with E-state index in [-0.39, 0.29) is 17.4 Å². The van der Waals surface area contributed by atoms with E-state index >= 15 is 0 Å². The Hall–Kier alpha value is -2.25. The van der Waals surface area contributed by atoms with Crippen LogP contribution in [0.3, 0.4) is 0 Å². The molecule has 7 heteroatoms. The molecule has 2 aromatic rings. The van der Waals surface area contributed by atoms with Crippen molar-refractivity contribution in [2.24, 2.45) is 5.92 Å². The maximum Gasteiger partial charge on any atom is 0.274 e. The number of rotatable bonds is 6. The highest BCUT2D eigenvalue weighted by atomic mass is 16.5. The first-order valence-corrected chi connectivity index (χ1v) is 9.14. The van der Waals surface area contributed by atoms with Crippen molar-refractivity contribution >= 4 is 16.7 Å². The van der Waals surface area contributed by atoms with Crippen molar-refractivity contribution in [3.05, 3.63) is 40.3 Å². The molecule has 1 fully saturated rings. The Morgan fingerprint density at radius 2 is 1.92 bits per heavy atom. The van der Waals surface area contributed by atoms with Gasteiger partial charge >= 0.3 is 0 Å². The van der Waals surface area contributed by atoms with Gasteiger partial charge in [0, 0.05) is 38.1 Å². The van der Waals surface area contributed by atoms with Gasteiger partial charge in [0.25, 0.3) is 11.5 Å². The molecule has 0 unspecified atom stereocenters. The molecular weight excluding hydrogens is 332 g/mol. The maximum atomic E-state index is 12.7. The van der Waals surface area contributed by atoms with E-state index < -0.39 is 0 Å². The van der Waals surface area contributed by atoms with Gasteiger partial charge in [-0.05, 0) is 12.0 Å². The van der Waals surface area contributed by atoms with Gasteiger partial charge < -0.3 is 10.1 Å². The number of fused-ring (bicyclic) bond motifs is 1. The second kappa shape index (κ2) is 8.42. The fourth-order valence-electron chi connectivity index (χ4n) is 3.11. The number of carbonyl (C=O) groups excluding carboxylic acids is 1. The van der Waals surface area contributed by atoms with Gasteiger partial charge in [0.1, 0.15) is 0 Å². The first-order chi connectivity index (χ1) is 12.6. The molecule has 0 saturated carbocycles. The summed E-state index contributed by atoms with van der Waals surface area (Å²) >= 11 is 0. The third-order valence-electron chi connectivity index (χ3n) is 4.44. The predicted octanol–water partition coefficient (Wildman–Crippen LogP) is 1.11.